The molecule has 0 atom stereocenters. The highest BCUT2D eigenvalue weighted by Crippen LogP contribution is 2.41. The van der Waals surface area contributed by atoms with E-state index < -0.39 is 9.84 Å². The Labute approximate surface area is 86.4 Å². The summed E-state index contributed by atoms with van der Waals surface area (Å²) in [6.07, 6.45) is 7.31. The van der Waals surface area contributed by atoms with Crippen LogP contribution in [0.5, 0.6) is 0 Å². The van der Waals surface area contributed by atoms with Gasteiger partial charge < -0.3 is 5.11 Å². The zero-order valence-electron chi connectivity index (χ0n) is 8.83. The van der Waals surface area contributed by atoms with Gasteiger partial charge in [-0.3, -0.25) is 0 Å². The van der Waals surface area contributed by atoms with E-state index in [0.717, 1.165) is 19.3 Å². The maximum atomic E-state index is 10.9. The van der Waals surface area contributed by atoms with Crippen LogP contribution in [0.15, 0.2) is 0 Å². The van der Waals surface area contributed by atoms with Crippen LogP contribution in [-0.4, -0.2) is 32.1 Å². The predicted octanol–water partition coefficient (Wildman–Crippen LogP) is 1.36. The fourth-order valence-electron chi connectivity index (χ4n) is 2.32. The Hall–Kier alpha value is -0.0900. The smallest absolute Gasteiger partial charge is 0.147 e. The van der Waals surface area contributed by atoms with E-state index in [1.807, 2.05) is 0 Å². The first kappa shape index (κ1) is 12.0. The van der Waals surface area contributed by atoms with Crippen LogP contribution in [0, 0.1) is 5.41 Å². The standard InChI is InChI=1S/C10H20O3S/c1-14(12,13)8-4-7-10(9-11)5-2-3-6-10/h11H,2-9H2,1H3. The van der Waals surface area contributed by atoms with Gasteiger partial charge in [0, 0.05) is 18.6 Å². The molecule has 1 rings (SSSR count). The van der Waals surface area contributed by atoms with Crippen molar-refractivity contribution in [3.63, 3.8) is 0 Å². The predicted molar refractivity (Wildman–Crippen MR) is 56.9 cm³/mol. The van der Waals surface area contributed by atoms with Gasteiger partial charge >= 0.3 is 0 Å². The van der Waals surface area contributed by atoms with Crippen LogP contribution in [0.25, 0.3) is 0 Å². The molecule has 0 radical (unpaired) electrons. The molecule has 0 bridgehead atoms. The molecule has 3 nitrogen and oxygen atoms in total. The third-order valence-electron chi connectivity index (χ3n) is 3.22. The van der Waals surface area contributed by atoms with E-state index in [2.05, 4.69) is 0 Å². The molecule has 1 aliphatic rings. The van der Waals surface area contributed by atoms with E-state index in [-0.39, 0.29) is 17.8 Å². The molecule has 1 aliphatic carbocycles. The third-order valence-corrected chi connectivity index (χ3v) is 4.25. The minimum atomic E-state index is -2.83. The van der Waals surface area contributed by atoms with Crippen molar-refractivity contribution in [3.05, 3.63) is 0 Å². The average molecular weight is 220 g/mol. The summed E-state index contributed by atoms with van der Waals surface area (Å²) in [5.41, 5.74) is 0.0463. The second-order valence-electron chi connectivity index (χ2n) is 4.60. The van der Waals surface area contributed by atoms with Gasteiger partial charge in [-0.05, 0) is 31.1 Å². The quantitative estimate of drug-likeness (QED) is 0.761. The number of hydrogen-bond acceptors (Lipinski definition) is 3. The van der Waals surface area contributed by atoms with Crippen molar-refractivity contribution in [2.24, 2.45) is 5.41 Å². The van der Waals surface area contributed by atoms with Gasteiger partial charge in [-0.15, -0.1) is 0 Å². The molecule has 0 aromatic heterocycles. The van der Waals surface area contributed by atoms with E-state index in [1.165, 1.54) is 19.1 Å². The summed E-state index contributed by atoms with van der Waals surface area (Å²) in [5.74, 6) is 0.259. The van der Waals surface area contributed by atoms with E-state index in [1.54, 1.807) is 0 Å². The molecule has 1 fully saturated rings. The van der Waals surface area contributed by atoms with E-state index in [4.69, 9.17) is 0 Å². The van der Waals surface area contributed by atoms with Gasteiger partial charge in [0.15, 0.2) is 0 Å². The fourth-order valence-corrected chi connectivity index (χ4v) is 2.99. The van der Waals surface area contributed by atoms with Crippen molar-refractivity contribution in [2.45, 2.75) is 38.5 Å². The van der Waals surface area contributed by atoms with Crippen LogP contribution in [-0.2, 0) is 9.84 Å². The molecule has 0 aromatic rings. The highest BCUT2D eigenvalue weighted by Gasteiger charge is 2.32. The van der Waals surface area contributed by atoms with Crippen LogP contribution in [0.1, 0.15) is 38.5 Å². The van der Waals surface area contributed by atoms with Gasteiger partial charge in [-0.25, -0.2) is 8.42 Å². The topological polar surface area (TPSA) is 54.4 Å². The summed E-state index contributed by atoms with van der Waals surface area (Å²) < 4.78 is 21.9. The maximum absolute atomic E-state index is 10.9. The fraction of sp³-hybridized carbons (Fsp3) is 1.00. The van der Waals surface area contributed by atoms with Crippen LogP contribution >= 0.6 is 0 Å². The highest BCUT2D eigenvalue weighted by atomic mass is 32.2. The van der Waals surface area contributed by atoms with E-state index in [0.29, 0.717) is 6.42 Å². The molecule has 84 valence electrons. The lowest BCUT2D eigenvalue weighted by Crippen LogP contribution is -2.22. The number of aliphatic hydroxyl groups excluding tert-OH is 1. The lowest BCUT2D eigenvalue weighted by molar-refractivity contribution is 0.120. The van der Waals surface area contributed by atoms with E-state index in [9.17, 15) is 13.5 Å². The van der Waals surface area contributed by atoms with Crippen molar-refractivity contribution in [1.29, 1.82) is 0 Å². The van der Waals surface area contributed by atoms with Gasteiger partial charge in [0.05, 0.1) is 0 Å². The number of sulfone groups is 1. The van der Waals surface area contributed by atoms with Gasteiger partial charge in [-0.1, -0.05) is 12.8 Å². The normalized spacial score (nSPS) is 21.3. The molecular weight excluding hydrogens is 200 g/mol. The summed E-state index contributed by atoms with van der Waals surface area (Å²) >= 11 is 0. The van der Waals surface area contributed by atoms with Gasteiger partial charge in [0.25, 0.3) is 0 Å². The second kappa shape index (κ2) is 4.62. The largest absolute Gasteiger partial charge is 0.396 e. The second-order valence-corrected chi connectivity index (χ2v) is 6.86. The number of rotatable bonds is 5. The summed E-state index contributed by atoms with van der Waals surface area (Å²) in [7, 11) is -2.83. The molecule has 0 amide bonds. The van der Waals surface area contributed by atoms with E-state index >= 15 is 0 Å². The molecule has 0 heterocycles. The molecule has 4 heteroatoms. The summed E-state index contributed by atoms with van der Waals surface area (Å²) in [5, 5.41) is 9.30. The third kappa shape index (κ3) is 3.58. The highest BCUT2D eigenvalue weighted by molar-refractivity contribution is 7.90. The zero-order chi connectivity index (χ0) is 10.7. The molecule has 14 heavy (non-hydrogen) atoms. The maximum Gasteiger partial charge on any atom is 0.147 e. The Kier molecular flexibility index (Phi) is 3.95. The molecule has 0 aromatic carbocycles. The van der Waals surface area contributed by atoms with Gasteiger partial charge in [0.1, 0.15) is 9.84 Å². The molecule has 0 spiro atoms. The Morgan fingerprint density at radius 3 is 2.29 bits per heavy atom. The molecular formula is C10H20O3S. The Morgan fingerprint density at radius 2 is 1.86 bits per heavy atom. The summed E-state index contributed by atoms with van der Waals surface area (Å²) in [4.78, 5) is 0. The van der Waals surface area contributed by atoms with Crippen molar-refractivity contribution >= 4 is 9.84 Å². The zero-order valence-corrected chi connectivity index (χ0v) is 9.65. The first-order chi connectivity index (χ1) is 6.47. The molecule has 0 unspecified atom stereocenters. The summed E-state index contributed by atoms with van der Waals surface area (Å²) in [6, 6.07) is 0. The average Bonchev–Trinajstić information content (AvgIpc) is 2.52. The minimum absolute atomic E-state index is 0.0463. The molecule has 1 saturated carbocycles. The van der Waals surface area contributed by atoms with Gasteiger partial charge in [0.2, 0.25) is 0 Å². The number of hydrogen-bond donors (Lipinski definition) is 1. The van der Waals surface area contributed by atoms with Crippen LogP contribution in [0.2, 0.25) is 0 Å². The lowest BCUT2D eigenvalue weighted by atomic mass is 9.83. The minimum Gasteiger partial charge on any atom is -0.396 e. The van der Waals surface area contributed by atoms with Crippen LogP contribution in [0.3, 0.4) is 0 Å². The monoisotopic (exact) mass is 220 g/mol. The Balaban J connectivity index is 2.35. The first-order valence-corrected chi connectivity index (χ1v) is 7.32. The van der Waals surface area contributed by atoms with Crippen molar-refractivity contribution < 1.29 is 13.5 Å². The van der Waals surface area contributed by atoms with Crippen LogP contribution in [0.4, 0.5) is 0 Å². The summed E-state index contributed by atoms with van der Waals surface area (Å²) in [6.45, 7) is 0.219. The Bertz CT molecular complexity index is 263. The van der Waals surface area contributed by atoms with Crippen LogP contribution < -0.4 is 0 Å². The lowest BCUT2D eigenvalue weighted by Gasteiger charge is -2.25. The SMILES string of the molecule is CS(=O)(=O)CCCC1(CO)CCCC1. The molecule has 0 saturated heterocycles. The molecule has 1 N–H and O–H groups in total. The first-order valence-electron chi connectivity index (χ1n) is 5.26. The Morgan fingerprint density at radius 1 is 1.29 bits per heavy atom. The number of aliphatic hydroxyl groups is 1. The van der Waals surface area contributed by atoms with Crippen molar-refractivity contribution in [2.75, 3.05) is 18.6 Å². The van der Waals surface area contributed by atoms with Crippen molar-refractivity contribution in [3.8, 4) is 0 Å². The van der Waals surface area contributed by atoms with Gasteiger partial charge in [-0.2, -0.15) is 0 Å². The molecule has 0 aliphatic heterocycles. The van der Waals surface area contributed by atoms with Crippen molar-refractivity contribution in [1.82, 2.24) is 0 Å².